The molecule has 0 bridgehead atoms. The zero-order valence-corrected chi connectivity index (χ0v) is 9.32. The number of nitrogens with zero attached hydrogens (tertiary/aromatic N) is 2. The van der Waals surface area contributed by atoms with E-state index in [1.165, 1.54) is 18.4 Å². The molecule has 0 radical (unpaired) electrons. The Balaban J connectivity index is 2.05. The van der Waals surface area contributed by atoms with Crippen molar-refractivity contribution in [3.63, 3.8) is 0 Å². The van der Waals surface area contributed by atoms with Crippen molar-refractivity contribution in [3.8, 4) is 0 Å². The number of aromatic nitrogens is 2. The van der Waals surface area contributed by atoms with Gasteiger partial charge in [0.1, 0.15) is 0 Å². The number of piperidine rings is 1. The minimum absolute atomic E-state index is 0.412. The average Bonchev–Trinajstić information content (AvgIpc) is 2.78. The molecule has 1 saturated heterocycles. The van der Waals surface area contributed by atoms with Gasteiger partial charge in [0, 0.05) is 12.7 Å². The van der Waals surface area contributed by atoms with Crippen molar-refractivity contribution in [2.24, 2.45) is 5.73 Å². The van der Waals surface area contributed by atoms with Gasteiger partial charge in [-0.1, -0.05) is 6.92 Å². The molecule has 15 heavy (non-hydrogen) atoms. The van der Waals surface area contributed by atoms with Crippen molar-refractivity contribution in [1.29, 1.82) is 0 Å². The summed E-state index contributed by atoms with van der Waals surface area (Å²) in [6.07, 6.45) is 6.57. The number of nitrogens with one attached hydrogen (secondary N) is 1. The van der Waals surface area contributed by atoms with Gasteiger partial charge < -0.3 is 11.1 Å². The molecule has 4 heteroatoms. The Morgan fingerprint density at radius 1 is 1.73 bits per heavy atom. The minimum atomic E-state index is 0.412. The molecule has 0 saturated carbocycles. The van der Waals surface area contributed by atoms with Gasteiger partial charge in [-0.2, -0.15) is 5.10 Å². The van der Waals surface area contributed by atoms with E-state index in [-0.39, 0.29) is 0 Å². The van der Waals surface area contributed by atoms with Crippen molar-refractivity contribution >= 4 is 0 Å². The molecule has 2 rings (SSSR count). The van der Waals surface area contributed by atoms with Gasteiger partial charge in [0.15, 0.2) is 0 Å². The lowest BCUT2D eigenvalue weighted by molar-refractivity contribution is 0.346. The molecule has 2 atom stereocenters. The van der Waals surface area contributed by atoms with Gasteiger partial charge in [-0.05, 0) is 37.4 Å². The van der Waals surface area contributed by atoms with Crippen LogP contribution < -0.4 is 11.1 Å². The number of nitrogens with two attached hydrogens (primary N) is 1. The number of hydrogen-bond acceptors (Lipinski definition) is 3. The van der Waals surface area contributed by atoms with Gasteiger partial charge in [0.2, 0.25) is 0 Å². The summed E-state index contributed by atoms with van der Waals surface area (Å²) >= 11 is 0. The van der Waals surface area contributed by atoms with Gasteiger partial charge in [-0.25, -0.2) is 0 Å². The van der Waals surface area contributed by atoms with Crippen molar-refractivity contribution in [2.75, 3.05) is 19.6 Å². The van der Waals surface area contributed by atoms with Crippen molar-refractivity contribution in [1.82, 2.24) is 15.1 Å². The predicted molar refractivity (Wildman–Crippen MR) is 60.8 cm³/mol. The van der Waals surface area contributed by atoms with E-state index in [9.17, 15) is 0 Å². The maximum atomic E-state index is 5.64. The summed E-state index contributed by atoms with van der Waals surface area (Å²) in [6, 6.07) is 0.525. The highest BCUT2D eigenvalue weighted by Crippen LogP contribution is 2.19. The molecule has 0 amide bonds. The lowest BCUT2D eigenvalue weighted by atomic mass is 10.1. The third kappa shape index (κ3) is 2.38. The van der Waals surface area contributed by atoms with Crippen LogP contribution in [0.3, 0.4) is 0 Å². The summed E-state index contributed by atoms with van der Waals surface area (Å²) in [5.41, 5.74) is 6.90. The van der Waals surface area contributed by atoms with Gasteiger partial charge in [0.25, 0.3) is 0 Å². The van der Waals surface area contributed by atoms with Crippen LogP contribution in [0.15, 0.2) is 12.4 Å². The zero-order valence-electron chi connectivity index (χ0n) is 9.32. The molecule has 2 heterocycles. The Hall–Kier alpha value is -0.870. The predicted octanol–water partition coefficient (Wildman–Crippen LogP) is 0.870. The first-order valence-electron chi connectivity index (χ1n) is 5.76. The molecule has 4 nitrogen and oxygen atoms in total. The third-order valence-corrected chi connectivity index (χ3v) is 3.19. The fraction of sp³-hybridized carbons (Fsp3) is 0.727. The maximum Gasteiger partial charge on any atom is 0.0644 e. The van der Waals surface area contributed by atoms with Gasteiger partial charge >= 0.3 is 0 Å². The Kier molecular flexibility index (Phi) is 3.38. The van der Waals surface area contributed by atoms with Crippen molar-refractivity contribution < 1.29 is 0 Å². The van der Waals surface area contributed by atoms with Gasteiger partial charge in [0.05, 0.1) is 12.2 Å². The van der Waals surface area contributed by atoms with Gasteiger partial charge in [-0.3, -0.25) is 4.68 Å². The quantitative estimate of drug-likeness (QED) is 0.775. The van der Waals surface area contributed by atoms with E-state index >= 15 is 0 Å². The Labute approximate surface area is 90.8 Å². The molecule has 84 valence electrons. The first-order valence-corrected chi connectivity index (χ1v) is 5.76. The van der Waals surface area contributed by atoms with E-state index < -0.39 is 0 Å². The van der Waals surface area contributed by atoms with Crippen LogP contribution in [-0.4, -0.2) is 29.4 Å². The van der Waals surface area contributed by atoms with E-state index in [0.29, 0.717) is 18.5 Å². The fourth-order valence-electron chi connectivity index (χ4n) is 2.00. The summed E-state index contributed by atoms with van der Waals surface area (Å²) in [6.45, 7) is 5.01. The second-order valence-corrected chi connectivity index (χ2v) is 4.39. The molecule has 0 spiro atoms. The van der Waals surface area contributed by atoms with Gasteiger partial charge in [-0.15, -0.1) is 0 Å². The largest absolute Gasteiger partial charge is 0.330 e. The Morgan fingerprint density at radius 2 is 2.60 bits per heavy atom. The van der Waals surface area contributed by atoms with Crippen LogP contribution >= 0.6 is 0 Å². The lowest BCUT2D eigenvalue weighted by Gasteiger charge is -2.23. The summed E-state index contributed by atoms with van der Waals surface area (Å²) in [5, 5.41) is 7.83. The Bertz CT molecular complexity index is 301. The molecule has 1 aromatic heterocycles. The summed E-state index contributed by atoms with van der Waals surface area (Å²) in [4.78, 5) is 0. The topological polar surface area (TPSA) is 55.9 Å². The van der Waals surface area contributed by atoms with E-state index in [1.807, 2.05) is 6.20 Å². The van der Waals surface area contributed by atoms with Crippen molar-refractivity contribution in [3.05, 3.63) is 18.0 Å². The highest BCUT2D eigenvalue weighted by molar-refractivity contribution is 5.11. The molecule has 3 N–H and O–H groups in total. The Morgan fingerprint density at radius 3 is 3.27 bits per heavy atom. The van der Waals surface area contributed by atoms with Crippen LogP contribution in [0, 0.1) is 0 Å². The van der Waals surface area contributed by atoms with Crippen LogP contribution in [0.2, 0.25) is 0 Å². The highest BCUT2D eigenvalue weighted by Gasteiger charge is 2.16. The second kappa shape index (κ2) is 4.77. The first kappa shape index (κ1) is 10.6. The van der Waals surface area contributed by atoms with E-state index in [1.54, 1.807) is 0 Å². The highest BCUT2D eigenvalue weighted by atomic mass is 15.3. The number of rotatable bonds is 3. The molecule has 1 aromatic rings. The molecule has 1 fully saturated rings. The second-order valence-electron chi connectivity index (χ2n) is 4.39. The molecule has 0 aromatic carbocycles. The average molecular weight is 208 g/mol. The molecule has 1 aliphatic rings. The molecule has 2 unspecified atom stereocenters. The van der Waals surface area contributed by atoms with Crippen LogP contribution in [0.5, 0.6) is 0 Å². The third-order valence-electron chi connectivity index (χ3n) is 3.19. The smallest absolute Gasteiger partial charge is 0.0644 e. The van der Waals surface area contributed by atoms with Crippen LogP contribution in [0.1, 0.15) is 37.3 Å². The van der Waals surface area contributed by atoms with Crippen LogP contribution in [0.4, 0.5) is 0 Å². The van der Waals surface area contributed by atoms with Crippen LogP contribution in [-0.2, 0) is 0 Å². The maximum absolute atomic E-state index is 5.64. The monoisotopic (exact) mass is 208 g/mol. The first-order chi connectivity index (χ1) is 7.31. The van der Waals surface area contributed by atoms with Crippen molar-refractivity contribution in [2.45, 2.75) is 31.7 Å². The SMILES string of the molecule is CC(CN)c1cnn(C2CCCNC2)c1. The standard InChI is InChI=1S/C11H20N4/c1-9(5-12)10-6-14-15(8-10)11-3-2-4-13-7-11/h6,8-9,11,13H,2-5,7,12H2,1H3. The number of hydrogen-bond donors (Lipinski definition) is 2. The molecular weight excluding hydrogens is 188 g/mol. The summed E-state index contributed by atoms with van der Waals surface area (Å²) < 4.78 is 2.09. The summed E-state index contributed by atoms with van der Waals surface area (Å²) in [5.74, 6) is 0.412. The van der Waals surface area contributed by atoms with E-state index in [2.05, 4.69) is 28.2 Å². The minimum Gasteiger partial charge on any atom is -0.330 e. The molecule has 1 aliphatic heterocycles. The van der Waals surface area contributed by atoms with Crippen LogP contribution in [0.25, 0.3) is 0 Å². The lowest BCUT2D eigenvalue weighted by Crippen LogP contribution is -2.31. The molecular formula is C11H20N4. The molecule has 0 aliphatic carbocycles. The zero-order chi connectivity index (χ0) is 10.7. The van der Waals surface area contributed by atoms with E-state index in [4.69, 9.17) is 5.73 Å². The summed E-state index contributed by atoms with van der Waals surface area (Å²) in [7, 11) is 0. The fourth-order valence-corrected chi connectivity index (χ4v) is 2.00. The normalized spacial score (nSPS) is 24.0. The van der Waals surface area contributed by atoms with E-state index in [0.717, 1.165) is 13.1 Å².